The van der Waals surface area contributed by atoms with Gasteiger partial charge in [0.1, 0.15) is 0 Å². The summed E-state index contributed by atoms with van der Waals surface area (Å²) in [4.78, 5) is 0. The summed E-state index contributed by atoms with van der Waals surface area (Å²) in [6.45, 7) is 11.5. The lowest BCUT2D eigenvalue weighted by Crippen LogP contribution is -2.02. The standard InChI is InChI=1S/C19H30/c1-5-7-13(2)15(4)18-12-19(18)11-17(19)9-6-8-16-10-14(16)3/h11,13-14,16,18H,4-10,12H2,1-3H3. The highest BCUT2D eigenvalue weighted by atomic mass is 14.7. The number of rotatable bonds is 8. The average Bonchev–Trinajstić information content (AvgIpc) is 3.29. The molecule has 2 saturated carbocycles. The fourth-order valence-corrected chi connectivity index (χ4v) is 4.15. The van der Waals surface area contributed by atoms with Crippen molar-refractivity contribution in [1.82, 2.24) is 0 Å². The molecule has 5 unspecified atom stereocenters. The number of hydrogen-bond acceptors (Lipinski definition) is 0. The second-order valence-electron chi connectivity index (χ2n) is 7.60. The summed E-state index contributed by atoms with van der Waals surface area (Å²) in [5.74, 6) is 3.66. The summed E-state index contributed by atoms with van der Waals surface area (Å²) in [5.41, 5.74) is 3.91. The van der Waals surface area contributed by atoms with Gasteiger partial charge in [-0.1, -0.05) is 51.0 Å². The van der Waals surface area contributed by atoms with Crippen LogP contribution in [0.5, 0.6) is 0 Å². The first kappa shape index (κ1) is 13.5. The minimum absolute atomic E-state index is 0.578. The van der Waals surface area contributed by atoms with E-state index >= 15 is 0 Å². The van der Waals surface area contributed by atoms with Gasteiger partial charge < -0.3 is 0 Å². The molecule has 0 N–H and O–H groups in total. The van der Waals surface area contributed by atoms with E-state index in [1.807, 2.05) is 0 Å². The van der Waals surface area contributed by atoms with Gasteiger partial charge in [0.2, 0.25) is 0 Å². The zero-order valence-corrected chi connectivity index (χ0v) is 13.0. The molecule has 19 heavy (non-hydrogen) atoms. The van der Waals surface area contributed by atoms with Gasteiger partial charge in [-0.2, -0.15) is 0 Å². The molecular formula is C19H30. The van der Waals surface area contributed by atoms with E-state index in [1.54, 1.807) is 11.1 Å². The van der Waals surface area contributed by atoms with Crippen molar-refractivity contribution in [3.8, 4) is 0 Å². The van der Waals surface area contributed by atoms with Gasteiger partial charge >= 0.3 is 0 Å². The topological polar surface area (TPSA) is 0 Å². The monoisotopic (exact) mass is 258 g/mol. The summed E-state index contributed by atoms with van der Waals surface area (Å²) >= 11 is 0. The van der Waals surface area contributed by atoms with Gasteiger partial charge in [-0.3, -0.25) is 0 Å². The van der Waals surface area contributed by atoms with Crippen molar-refractivity contribution in [1.29, 1.82) is 0 Å². The Balaban J connectivity index is 1.38. The second kappa shape index (κ2) is 4.79. The molecule has 1 spiro atoms. The third-order valence-electron chi connectivity index (χ3n) is 6.05. The quantitative estimate of drug-likeness (QED) is 0.486. The second-order valence-corrected chi connectivity index (χ2v) is 7.60. The molecule has 0 bridgehead atoms. The van der Waals surface area contributed by atoms with Gasteiger partial charge in [-0.15, -0.1) is 0 Å². The van der Waals surface area contributed by atoms with Crippen molar-refractivity contribution >= 4 is 0 Å². The highest BCUT2D eigenvalue weighted by molar-refractivity contribution is 5.51. The first-order valence-electron chi connectivity index (χ1n) is 8.49. The molecule has 0 heteroatoms. The molecule has 0 saturated heterocycles. The number of hydrogen-bond donors (Lipinski definition) is 0. The normalized spacial score (nSPS) is 39.9. The minimum Gasteiger partial charge on any atom is -0.0993 e. The molecule has 5 atom stereocenters. The fraction of sp³-hybridized carbons (Fsp3) is 0.789. The smallest absolute Gasteiger partial charge is 0.0166 e. The van der Waals surface area contributed by atoms with Crippen molar-refractivity contribution < 1.29 is 0 Å². The molecule has 0 aromatic heterocycles. The molecule has 0 heterocycles. The van der Waals surface area contributed by atoms with Crippen LogP contribution < -0.4 is 0 Å². The molecule has 0 aliphatic heterocycles. The molecular weight excluding hydrogens is 228 g/mol. The molecule has 0 aromatic carbocycles. The van der Waals surface area contributed by atoms with E-state index in [0.29, 0.717) is 5.41 Å². The Kier molecular flexibility index (Phi) is 3.39. The largest absolute Gasteiger partial charge is 0.0993 e. The first-order chi connectivity index (χ1) is 9.08. The molecule has 106 valence electrons. The van der Waals surface area contributed by atoms with E-state index in [9.17, 15) is 0 Å². The Morgan fingerprint density at radius 3 is 2.89 bits per heavy atom. The average molecular weight is 258 g/mol. The number of allylic oxidation sites excluding steroid dienone is 3. The fourth-order valence-electron chi connectivity index (χ4n) is 4.15. The van der Waals surface area contributed by atoms with Gasteiger partial charge in [0.25, 0.3) is 0 Å². The maximum Gasteiger partial charge on any atom is 0.0166 e. The Hall–Kier alpha value is -0.520. The lowest BCUT2D eigenvalue weighted by atomic mass is 9.92. The predicted molar refractivity (Wildman–Crippen MR) is 83.0 cm³/mol. The Morgan fingerprint density at radius 2 is 2.26 bits per heavy atom. The molecule has 3 aliphatic carbocycles. The molecule has 0 nitrogen and oxygen atoms in total. The Bertz CT molecular complexity index is 402. The maximum absolute atomic E-state index is 4.40. The van der Waals surface area contributed by atoms with Gasteiger partial charge in [0, 0.05) is 5.41 Å². The van der Waals surface area contributed by atoms with E-state index in [2.05, 4.69) is 33.4 Å². The third-order valence-corrected chi connectivity index (χ3v) is 6.05. The molecule has 0 radical (unpaired) electrons. The summed E-state index contributed by atoms with van der Waals surface area (Å²) in [6.07, 6.45) is 12.4. The molecule has 0 aromatic rings. The third kappa shape index (κ3) is 2.56. The maximum atomic E-state index is 4.40. The van der Waals surface area contributed by atoms with Crippen LogP contribution in [0.15, 0.2) is 23.8 Å². The summed E-state index contributed by atoms with van der Waals surface area (Å²) in [5, 5.41) is 0. The Labute approximate surface area is 119 Å². The Morgan fingerprint density at radius 1 is 1.53 bits per heavy atom. The van der Waals surface area contributed by atoms with Crippen LogP contribution in [-0.4, -0.2) is 0 Å². The van der Waals surface area contributed by atoms with Crippen LogP contribution in [0.2, 0.25) is 0 Å². The molecule has 3 rings (SSSR count). The van der Waals surface area contributed by atoms with Crippen LogP contribution in [0.3, 0.4) is 0 Å². The van der Waals surface area contributed by atoms with Crippen LogP contribution in [0, 0.1) is 29.1 Å². The summed E-state index contributed by atoms with van der Waals surface area (Å²) in [7, 11) is 0. The minimum atomic E-state index is 0.578. The summed E-state index contributed by atoms with van der Waals surface area (Å²) in [6, 6.07) is 0. The van der Waals surface area contributed by atoms with Crippen molar-refractivity contribution in [2.45, 2.75) is 65.7 Å². The van der Waals surface area contributed by atoms with E-state index < -0.39 is 0 Å². The van der Waals surface area contributed by atoms with Crippen molar-refractivity contribution in [3.63, 3.8) is 0 Å². The van der Waals surface area contributed by atoms with Gasteiger partial charge in [-0.25, -0.2) is 0 Å². The van der Waals surface area contributed by atoms with E-state index in [-0.39, 0.29) is 0 Å². The predicted octanol–water partition coefficient (Wildman–Crippen LogP) is 5.75. The van der Waals surface area contributed by atoms with E-state index in [1.165, 1.54) is 44.9 Å². The van der Waals surface area contributed by atoms with E-state index in [4.69, 9.17) is 0 Å². The van der Waals surface area contributed by atoms with Crippen LogP contribution in [0.4, 0.5) is 0 Å². The SMILES string of the molecule is C=C(C(C)CCC)C1CC12C=C2CCCC1CC1C. The lowest BCUT2D eigenvalue weighted by molar-refractivity contribution is 0.560. The van der Waals surface area contributed by atoms with Crippen molar-refractivity contribution in [2.24, 2.45) is 29.1 Å². The van der Waals surface area contributed by atoms with Gasteiger partial charge in [0.05, 0.1) is 0 Å². The van der Waals surface area contributed by atoms with Crippen molar-refractivity contribution in [2.75, 3.05) is 0 Å². The zero-order valence-electron chi connectivity index (χ0n) is 13.0. The van der Waals surface area contributed by atoms with Gasteiger partial charge in [0.15, 0.2) is 0 Å². The lowest BCUT2D eigenvalue weighted by Gasteiger charge is -2.13. The molecule has 2 fully saturated rings. The first-order valence-corrected chi connectivity index (χ1v) is 8.49. The zero-order chi connectivity index (χ0) is 13.6. The van der Waals surface area contributed by atoms with E-state index in [0.717, 1.165) is 23.7 Å². The highest BCUT2D eigenvalue weighted by Gasteiger charge is 2.63. The molecule has 3 aliphatic rings. The highest BCUT2D eigenvalue weighted by Crippen LogP contribution is 2.73. The van der Waals surface area contributed by atoms with Gasteiger partial charge in [-0.05, 0) is 62.2 Å². The molecule has 0 amide bonds. The van der Waals surface area contributed by atoms with Crippen LogP contribution >= 0.6 is 0 Å². The van der Waals surface area contributed by atoms with Crippen LogP contribution in [0.25, 0.3) is 0 Å². The van der Waals surface area contributed by atoms with Crippen molar-refractivity contribution in [3.05, 3.63) is 23.8 Å². The van der Waals surface area contributed by atoms with Crippen LogP contribution in [0.1, 0.15) is 65.7 Å². The van der Waals surface area contributed by atoms with Crippen LogP contribution in [-0.2, 0) is 0 Å². The summed E-state index contributed by atoms with van der Waals surface area (Å²) < 4.78 is 0.